The van der Waals surface area contributed by atoms with Gasteiger partial charge in [0, 0.05) is 21.8 Å². The number of aromatic amines is 1. The van der Waals surface area contributed by atoms with E-state index in [2.05, 4.69) is 4.98 Å². The smallest absolute Gasteiger partial charge is 0.235 e. The van der Waals surface area contributed by atoms with Crippen molar-refractivity contribution in [2.45, 2.75) is 40.3 Å². The summed E-state index contributed by atoms with van der Waals surface area (Å²) < 4.78 is 0. The molecule has 0 spiro atoms. The molecule has 0 saturated heterocycles. The van der Waals surface area contributed by atoms with Crippen molar-refractivity contribution < 1.29 is 14.5 Å². The number of nitrogens with one attached hydrogen (secondary N) is 2. The first kappa shape index (κ1) is 19.7. The fourth-order valence-electron chi connectivity index (χ4n) is 3.08. The number of aryl methyl sites for hydroxylation is 1. The fourth-order valence-corrected chi connectivity index (χ4v) is 3.56. The first-order valence-electron chi connectivity index (χ1n) is 8.14. The van der Waals surface area contributed by atoms with Crippen molar-refractivity contribution in [3.05, 3.63) is 56.3 Å². The maximum Gasteiger partial charge on any atom is 0.235 e. The molecule has 0 fully saturated rings. The van der Waals surface area contributed by atoms with Gasteiger partial charge in [-0.25, -0.2) is 0 Å². The van der Waals surface area contributed by atoms with Crippen molar-refractivity contribution in [3.63, 3.8) is 0 Å². The summed E-state index contributed by atoms with van der Waals surface area (Å²) in [6.45, 7) is 7.62. The molecule has 0 bridgehead atoms. The second-order valence-electron chi connectivity index (χ2n) is 6.53. The number of carbonyl (C=O) groups is 2. The van der Waals surface area contributed by atoms with Gasteiger partial charge in [-0.05, 0) is 45.4 Å². The van der Waals surface area contributed by atoms with Gasteiger partial charge in [0.2, 0.25) is 5.78 Å². The molecule has 0 aliphatic rings. The van der Waals surface area contributed by atoms with Crippen molar-refractivity contribution in [2.75, 3.05) is 7.05 Å². The fraction of sp³-hybridized carbons (Fsp3) is 0.368. The number of likely N-dealkylation sites (N-methyl/N-ethyl adjacent to an activating group) is 1. The molecule has 134 valence electrons. The molecule has 2 N–H and O–H groups in total. The average Bonchev–Trinajstić information content (AvgIpc) is 2.83. The minimum Gasteiger partial charge on any atom is -0.355 e. The predicted molar refractivity (Wildman–Crippen MR) is 101 cm³/mol. The van der Waals surface area contributed by atoms with E-state index in [0.717, 1.165) is 21.7 Å². The minimum absolute atomic E-state index is 0.0179. The number of H-pyrrole nitrogens is 1. The van der Waals surface area contributed by atoms with Crippen molar-refractivity contribution in [1.29, 1.82) is 0 Å². The van der Waals surface area contributed by atoms with E-state index in [9.17, 15) is 9.59 Å². The van der Waals surface area contributed by atoms with Gasteiger partial charge in [-0.1, -0.05) is 29.3 Å². The van der Waals surface area contributed by atoms with Gasteiger partial charge in [-0.15, -0.1) is 0 Å². The largest absolute Gasteiger partial charge is 0.355 e. The van der Waals surface area contributed by atoms with Crippen LogP contribution in [0.1, 0.15) is 51.5 Å². The summed E-state index contributed by atoms with van der Waals surface area (Å²) >= 11 is 12.2. The second kappa shape index (κ2) is 7.73. The van der Waals surface area contributed by atoms with Crippen LogP contribution in [0.5, 0.6) is 0 Å². The Kier molecular flexibility index (Phi) is 6.09. The molecule has 1 aromatic carbocycles. The Morgan fingerprint density at radius 2 is 1.88 bits per heavy atom. The van der Waals surface area contributed by atoms with E-state index >= 15 is 0 Å². The lowest BCUT2D eigenvalue weighted by molar-refractivity contribution is -0.907. The van der Waals surface area contributed by atoms with Gasteiger partial charge in [-0.3, -0.25) is 9.59 Å². The molecule has 4 nitrogen and oxygen atoms in total. The number of quaternary nitrogens is 1. The molecule has 0 aliphatic heterocycles. The van der Waals surface area contributed by atoms with Crippen LogP contribution in [0.3, 0.4) is 0 Å². The van der Waals surface area contributed by atoms with Crippen LogP contribution in [0.2, 0.25) is 10.0 Å². The molecule has 2 atom stereocenters. The number of halogens is 2. The van der Waals surface area contributed by atoms with Crippen molar-refractivity contribution in [1.82, 2.24) is 4.98 Å². The van der Waals surface area contributed by atoms with Gasteiger partial charge in [0.15, 0.2) is 11.8 Å². The quantitative estimate of drug-likeness (QED) is 0.753. The van der Waals surface area contributed by atoms with E-state index in [0.29, 0.717) is 27.8 Å². The van der Waals surface area contributed by atoms with Crippen LogP contribution >= 0.6 is 23.2 Å². The van der Waals surface area contributed by atoms with E-state index in [1.165, 1.54) is 6.92 Å². The number of aromatic nitrogens is 1. The Bertz CT molecular complexity index is 827. The Morgan fingerprint density at radius 1 is 1.24 bits per heavy atom. The molecule has 0 aliphatic carbocycles. The zero-order chi connectivity index (χ0) is 18.9. The Balaban J connectivity index is 2.22. The monoisotopic (exact) mass is 381 g/mol. The maximum atomic E-state index is 12.9. The summed E-state index contributed by atoms with van der Waals surface area (Å²) in [5.74, 6) is -0.0534. The molecule has 1 unspecified atom stereocenters. The summed E-state index contributed by atoms with van der Waals surface area (Å²) in [4.78, 5) is 28.8. The molecule has 2 aromatic rings. The van der Waals surface area contributed by atoms with Crippen LogP contribution in [0.4, 0.5) is 0 Å². The first-order chi connectivity index (χ1) is 11.6. The third-order valence-corrected chi connectivity index (χ3v) is 5.24. The number of Topliss-reactive ketones (excluding diaryl/α,β-unsaturated/α-hetero) is 2. The highest BCUT2D eigenvalue weighted by Gasteiger charge is 2.28. The molecule has 6 heteroatoms. The Morgan fingerprint density at radius 3 is 2.40 bits per heavy atom. The van der Waals surface area contributed by atoms with Crippen molar-refractivity contribution >= 4 is 34.8 Å². The number of ketones is 2. The standard InChI is InChI=1S/C19H22Cl2N2O2/c1-10-17(13(4)24)11(2)22-18(10)19(25)12(3)23(5)9-14-6-7-15(20)8-16(14)21/h6-8,12,22H,9H2,1-5H3/p+1/t12-/m0/s1. The predicted octanol–water partition coefficient (Wildman–Crippen LogP) is 3.43. The molecular weight excluding hydrogens is 359 g/mol. The number of hydrogen-bond acceptors (Lipinski definition) is 2. The van der Waals surface area contributed by atoms with Crippen LogP contribution in [-0.4, -0.2) is 29.6 Å². The molecule has 25 heavy (non-hydrogen) atoms. The van der Waals surface area contributed by atoms with Crippen LogP contribution in [0, 0.1) is 13.8 Å². The number of rotatable bonds is 6. The van der Waals surface area contributed by atoms with Crippen LogP contribution < -0.4 is 4.90 Å². The molecule has 1 heterocycles. The normalized spacial score (nSPS) is 13.6. The van der Waals surface area contributed by atoms with Gasteiger partial charge < -0.3 is 9.88 Å². The first-order valence-corrected chi connectivity index (χ1v) is 8.89. The summed E-state index contributed by atoms with van der Waals surface area (Å²) in [5, 5.41) is 1.18. The molecular formula is C19H23Cl2N2O2+. The number of benzene rings is 1. The molecule has 0 saturated carbocycles. The van der Waals surface area contributed by atoms with Crippen molar-refractivity contribution in [3.8, 4) is 0 Å². The lowest BCUT2D eigenvalue weighted by Gasteiger charge is -2.21. The number of carbonyl (C=O) groups excluding carboxylic acids is 2. The summed E-state index contributed by atoms with van der Waals surface area (Å²) in [7, 11) is 1.95. The average molecular weight is 382 g/mol. The van der Waals surface area contributed by atoms with E-state index in [-0.39, 0.29) is 17.6 Å². The van der Waals surface area contributed by atoms with Gasteiger partial charge in [0.25, 0.3) is 0 Å². The summed E-state index contributed by atoms with van der Waals surface area (Å²) in [6, 6.07) is 5.09. The Labute approximate surface area is 158 Å². The SMILES string of the molecule is CC(=O)c1c(C)[nH]c(C(=O)[C@H](C)[NH+](C)Cc2ccc(Cl)cc2Cl)c1C. The highest BCUT2D eigenvalue weighted by atomic mass is 35.5. The van der Waals surface area contributed by atoms with Gasteiger partial charge in [-0.2, -0.15) is 0 Å². The van der Waals surface area contributed by atoms with E-state index in [1.54, 1.807) is 12.1 Å². The van der Waals surface area contributed by atoms with E-state index in [1.807, 2.05) is 33.9 Å². The topological polar surface area (TPSA) is 54.4 Å². The van der Waals surface area contributed by atoms with E-state index < -0.39 is 0 Å². The second-order valence-corrected chi connectivity index (χ2v) is 7.37. The lowest BCUT2D eigenvalue weighted by Crippen LogP contribution is -3.12. The van der Waals surface area contributed by atoms with Crippen molar-refractivity contribution in [2.24, 2.45) is 0 Å². The Hall–Kier alpha value is -1.62. The third kappa shape index (κ3) is 4.14. The van der Waals surface area contributed by atoms with Crippen LogP contribution in [0.25, 0.3) is 0 Å². The zero-order valence-electron chi connectivity index (χ0n) is 15.1. The highest BCUT2D eigenvalue weighted by molar-refractivity contribution is 6.35. The van der Waals surface area contributed by atoms with Gasteiger partial charge in [0.05, 0.1) is 17.8 Å². The highest BCUT2D eigenvalue weighted by Crippen LogP contribution is 2.21. The number of hydrogen-bond donors (Lipinski definition) is 2. The van der Waals surface area contributed by atoms with Crippen LogP contribution in [-0.2, 0) is 6.54 Å². The third-order valence-electron chi connectivity index (χ3n) is 4.65. The lowest BCUT2D eigenvalue weighted by atomic mass is 10.0. The molecule has 1 aromatic heterocycles. The minimum atomic E-state index is -0.289. The molecule has 2 rings (SSSR count). The summed E-state index contributed by atoms with van der Waals surface area (Å²) in [6.07, 6.45) is 0. The van der Waals surface area contributed by atoms with Gasteiger partial charge in [0.1, 0.15) is 6.54 Å². The summed E-state index contributed by atoms with van der Waals surface area (Å²) in [5.41, 5.74) is 3.51. The maximum absolute atomic E-state index is 12.9. The van der Waals surface area contributed by atoms with E-state index in [4.69, 9.17) is 23.2 Å². The van der Waals surface area contributed by atoms with Gasteiger partial charge >= 0.3 is 0 Å². The zero-order valence-corrected chi connectivity index (χ0v) is 16.6. The molecule has 0 radical (unpaired) electrons. The van der Waals surface area contributed by atoms with Crippen LogP contribution in [0.15, 0.2) is 18.2 Å². The molecule has 0 amide bonds.